The molecule has 0 saturated carbocycles. The lowest BCUT2D eigenvalue weighted by molar-refractivity contribution is -0.149. The van der Waals surface area contributed by atoms with Gasteiger partial charge < -0.3 is 9.64 Å². The van der Waals surface area contributed by atoms with Gasteiger partial charge in [0.2, 0.25) is 0 Å². The summed E-state index contributed by atoms with van der Waals surface area (Å²) in [5, 5.41) is 0. The van der Waals surface area contributed by atoms with Crippen LogP contribution in [0.25, 0.3) is 0 Å². The number of hydrogen-bond donors (Lipinski definition) is 0. The maximum Gasteiger partial charge on any atom is 0.310 e. The second-order valence-electron chi connectivity index (χ2n) is 4.52. The van der Waals surface area contributed by atoms with Crippen LogP contribution in [0.2, 0.25) is 0 Å². The molecule has 6 heteroatoms. The maximum absolute atomic E-state index is 11.6. The largest absolute Gasteiger partial charge is 0.466 e. The summed E-state index contributed by atoms with van der Waals surface area (Å²) < 4.78 is 27.1. The van der Waals surface area contributed by atoms with Crippen LogP contribution in [-0.4, -0.2) is 57.5 Å². The number of carbonyl (C=O) groups excluding carboxylic acids is 1. The van der Waals surface area contributed by atoms with Crippen molar-refractivity contribution in [2.45, 2.75) is 19.8 Å². The van der Waals surface area contributed by atoms with Crippen molar-refractivity contribution in [1.82, 2.24) is 4.90 Å². The van der Waals surface area contributed by atoms with E-state index in [0.29, 0.717) is 19.7 Å². The fraction of sp³-hybridized carbons (Fsp3) is 0.909. The number of hydrogen-bond acceptors (Lipinski definition) is 5. The van der Waals surface area contributed by atoms with E-state index < -0.39 is 9.84 Å². The molecule has 0 aliphatic carbocycles. The lowest BCUT2D eigenvalue weighted by atomic mass is 9.98. The van der Waals surface area contributed by atoms with Gasteiger partial charge in [-0.2, -0.15) is 0 Å². The third-order valence-corrected chi connectivity index (χ3v) is 3.83. The zero-order valence-corrected chi connectivity index (χ0v) is 11.3. The number of esters is 1. The molecule has 1 rings (SSSR count). The Balaban J connectivity index is 2.41. The minimum Gasteiger partial charge on any atom is -0.466 e. The summed E-state index contributed by atoms with van der Waals surface area (Å²) in [6, 6.07) is 0. The molecular weight excluding hydrogens is 242 g/mol. The van der Waals surface area contributed by atoms with Gasteiger partial charge in [0.25, 0.3) is 0 Å². The molecule has 0 bridgehead atoms. The Labute approximate surface area is 103 Å². The predicted octanol–water partition coefficient (Wildman–Crippen LogP) is 0.306. The predicted molar refractivity (Wildman–Crippen MR) is 65.5 cm³/mol. The first kappa shape index (κ1) is 14.4. The highest BCUT2D eigenvalue weighted by Crippen LogP contribution is 2.17. The summed E-state index contributed by atoms with van der Waals surface area (Å²) >= 11 is 0. The zero-order chi connectivity index (χ0) is 12.9. The van der Waals surface area contributed by atoms with Crippen molar-refractivity contribution in [2.75, 3.05) is 38.2 Å². The Kier molecular flexibility index (Phi) is 5.39. The molecule has 0 aromatic carbocycles. The zero-order valence-electron chi connectivity index (χ0n) is 10.5. The quantitative estimate of drug-likeness (QED) is 0.668. The van der Waals surface area contributed by atoms with Gasteiger partial charge in [-0.1, -0.05) is 0 Å². The fourth-order valence-corrected chi connectivity index (χ4v) is 2.60. The van der Waals surface area contributed by atoms with Crippen LogP contribution < -0.4 is 0 Å². The topological polar surface area (TPSA) is 63.7 Å². The first-order valence-electron chi connectivity index (χ1n) is 5.99. The summed E-state index contributed by atoms with van der Waals surface area (Å²) in [7, 11) is -2.93. The summed E-state index contributed by atoms with van der Waals surface area (Å²) in [5.41, 5.74) is 0. The molecular formula is C11H21NO4S. The Bertz CT molecular complexity index is 352. The van der Waals surface area contributed by atoms with Crippen LogP contribution in [0.4, 0.5) is 0 Å². The van der Waals surface area contributed by atoms with Crippen LogP contribution >= 0.6 is 0 Å². The maximum atomic E-state index is 11.6. The lowest BCUT2D eigenvalue weighted by Gasteiger charge is -2.31. The van der Waals surface area contributed by atoms with Crippen molar-refractivity contribution < 1.29 is 17.9 Å². The Hall–Kier alpha value is -0.620. The standard InChI is InChI=1S/C11H21NO4S/c1-3-16-11(13)10-5-4-6-12(9-10)7-8-17(2,14)15/h10H,3-9H2,1-2H3/t10-/m1/s1. The molecule has 1 fully saturated rings. The highest BCUT2D eigenvalue weighted by atomic mass is 32.2. The lowest BCUT2D eigenvalue weighted by Crippen LogP contribution is -2.41. The average Bonchev–Trinajstić information content (AvgIpc) is 2.26. The molecule has 0 N–H and O–H groups in total. The van der Waals surface area contributed by atoms with Crippen molar-refractivity contribution in [1.29, 1.82) is 0 Å². The van der Waals surface area contributed by atoms with E-state index in [1.807, 2.05) is 4.90 Å². The average molecular weight is 263 g/mol. The van der Waals surface area contributed by atoms with E-state index in [9.17, 15) is 13.2 Å². The Morgan fingerprint density at radius 1 is 1.47 bits per heavy atom. The molecule has 0 unspecified atom stereocenters. The number of sulfone groups is 1. The second-order valence-corrected chi connectivity index (χ2v) is 6.78. The summed E-state index contributed by atoms with van der Waals surface area (Å²) in [4.78, 5) is 13.6. The van der Waals surface area contributed by atoms with E-state index in [2.05, 4.69) is 0 Å². The third kappa shape index (κ3) is 5.50. The highest BCUT2D eigenvalue weighted by molar-refractivity contribution is 7.90. The molecule has 5 nitrogen and oxygen atoms in total. The van der Waals surface area contributed by atoms with Crippen molar-refractivity contribution in [3.8, 4) is 0 Å². The first-order valence-corrected chi connectivity index (χ1v) is 8.05. The van der Waals surface area contributed by atoms with E-state index in [0.717, 1.165) is 19.4 Å². The molecule has 0 aromatic heterocycles. The molecule has 1 atom stereocenters. The van der Waals surface area contributed by atoms with Gasteiger partial charge in [-0.05, 0) is 26.3 Å². The molecule has 17 heavy (non-hydrogen) atoms. The Morgan fingerprint density at radius 3 is 2.76 bits per heavy atom. The van der Waals surface area contributed by atoms with Crippen LogP contribution in [0.15, 0.2) is 0 Å². The summed E-state index contributed by atoms with van der Waals surface area (Å²) in [5.74, 6) is -0.0949. The number of likely N-dealkylation sites (tertiary alicyclic amines) is 1. The minimum absolute atomic E-state index is 0.0942. The first-order chi connectivity index (χ1) is 7.92. The molecule has 0 spiro atoms. The molecule has 100 valence electrons. The van der Waals surface area contributed by atoms with Crippen molar-refractivity contribution in [3.05, 3.63) is 0 Å². The molecule has 0 amide bonds. The highest BCUT2D eigenvalue weighted by Gasteiger charge is 2.26. The van der Waals surface area contributed by atoms with Crippen LogP contribution in [0.3, 0.4) is 0 Å². The number of ether oxygens (including phenoxy) is 1. The van der Waals surface area contributed by atoms with Crippen molar-refractivity contribution in [2.24, 2.45) is 5.92 Å². The van der Waals surface area contributed by atoms with Gasteiger partial charge in [-0.3, -0.25) is 4.79 Å². The summed E-state index contributed by atoms with van der Waals surface area (Å²) in [6.07, 6.45) is 3.00. The monoisotopic (exact) mass is 263 g/mol. The van der Waals surface area contributed by atoms with Gasteiger partial charge >= 0.3 is 5.97 Å². The van der Waals surface area contributed by atoms with Gasteiger partial charge in [0.15, 0.2) is 0 Å². The smallest absolute Gasteiger partial charge is 0.310 e. The number of carbonyl (C=O) groups is 1. The van der Waals surface area contributed by atoms with E-state index in [1.165, 1.54) is 6.26 Å². The van der Waals surface area contributed by atoms with Crippen LogP contribution in [0.5, 0.6) is 0 Å². The van der Waals surface area contributed by atoms with Crippen molar-refractivity contribution >= 4 is 15.8 Å². The van der Waals surface area contributed by atoms with Crippen LogP contribution in [-0.2, 0) is 19.4 Å². The molecule has 1 saturated heterocycles. The molecule has 0 aromatic rings. The third-order valence-electron chi connectivity index (χ3n) is 2.90. The minimum atomic E-state index is -2.93. The Morgan fingerprint density at radius 2 is 2.18 bits per heavy atom. The normalized spacial score (nSPS) is 22.4. The summed E-state index contributed by atoms with van der Waals surface area (Å²) in [6.45, 7) is 4.19. The van der Waals surface area contributed by atoms with Crippen molar-refractivity contribution in [3.63, 3.8) is 0 Å². The van der Waals surface area contributed by atoms with Crippen LogP contribution in [0.1, 0.15) is 19.8 Å². The second kappa shape index (κ2) is 6.35. The number of rotatable bonds is 5. The van der Waals surface area contributed by atoms with E-state index in [1.54, 1.807) is 6.92 Å². The van der Waals surface area contributed by atoms with Gasteiger partial charge in [-0.25, -0.2) is 8.42 Å². The molecule has 0 radical (unpaired) electrons. The van der Waals surface area contributed by atoms with E-state index in [-0.39, 0.29) is 17.6 Å². The number of piperidine rings is 1. The van der Waals surface area contributed by atoms with E-state index in [4.69, 9.17) is 4.74 Å². The van der Waals surface area contributed by atoms with Gasteiger partial charge in [-0.15, -0.1) is 0 Å². The van der Waals surface area contributed by atoms with Crippen LogP contribution in [0, 0.1) is 5.92 Å². The number of nitrogens with zero attached hydrogens (tertiary/aromatic N) is 1. The molecule has 1 aliphatic heterocycles. The fourth-order valence-electron chi connectivity index (χ4n) is 2.01. The molecule has 1 heterocycles. The van der Waals surface area contributed by atoms with E-state index >= 15 is 0 Å². The SMILES string of the molecule is CCOC(=O)[C@@H]1CCCN(CCS(C)(=O)=O)C1. The van der Waals surface area contributed by atoms with Gasteiger partial charge in [0.1, 0.15) is 9.84 Å². The van der Waals surface area contributed by atoms with Gasteiger partial charge in [0.05, 0.1) is 18.3 Å². The molecule has 1 aliphatic rings. The van der Waals surface area contributed by atoms with Gasteiger partial charge in [0, 0.05) is 19.3 Å².